The van der Waals surface area contributed by atoms with Gasteiger partial charge in [0.2, 0.25) is 11.8 Å². The van der Waals surface area contributed by atoms with Gasteiger partial charge in [0.25, 0.3) is 5.91 Å². The van der Waals surface area contributed by atoms with Gasteiger partial charge < -0.3 is 4.90 Å². The number of benzene rings is 1. The predicted molar refractivity (Wildman–Crippen MR) is 98.5 cm³/mol. The molecule has 2 aliphatic heterocycles. The molecule has 3 amide bonds. The molecular weight excluding hydrogens is 330 g/mol. The van der Waals surface area contributed by atoms with Gasteiger partial charge in [0.05, 0.1) is 12.6 Å². The Hall–Kier alpha value is -2.21. The van der Waals surface area contributed by atoms with Crippen LogP contribution in [0.2, 0.25) is 0 Å². The van der Waals surface area contributed by atoms with Gasteiger partial charge in [0, 0.05) is 18.2 Å². The summed E-state index contributed by atoms with van der Waals surface area (Å²) < 4.78 is 0. The minimum Gasteiger partial charge on any atom is -0.339 e. The van der Waals surface area contributed by atoms with Gasteiger partial charge in [-0.2, -0.15) is 0 Å². The van der Waals surface area contributed by atoms with Crippen LogP contribution < -0.4 is 5.32 Å². The molecule has 0 aromatic heterocycles. The average molecular weight is 357 g/mol. The maximum absolute atomic E-state index is 12.7. The average Bonchev–Trinajstić information content (AvgIpc) is 3.11. The molecule has 6 nitrogen and oxygen atoms in total. The lowest BCUT2D eigenvalue weighted by atomic mass is 10.0. The number of nitrogens with one attached hydrogen (secondary N) is 1. The number of carbonyl (C=O) groups excluding carboxylic acids is 3. The van der Waals surface area contributed by atoms with E-state index < -0.39 is 11.9 Å². The van der Waals surface area contributed by atoms with Gasteiger partial charge in [-0.05, 0) is 57.7 Å². The number of piperidine rings is 1. The van der Waals surface area contributed by atoms with Crippen molar-refractivity contribution in [2.75, 3.05) is 19.6 Å². The van der Waals surface area contributed by atoms with Crippen LogP contribution in [0.3, 0.4) is 0 Å². The molecule has 3 rings (SSSR count). The fourth-order valence-corrected chi connectivity index (χ4v) is 3.90. The van der Waals surface area contributed by atoms with Crippen LogP contribution in [0, 0.1) is 0 Å². The van der Waals surface area contributed by atoms with E-state index >= 15 is 0 Å². The lowest BCUT2D eigenvalue weighted by Crippen LogP contribution is -2.51. The topological polar surface area (TPSA) is 69.7 Å². The van der Waals surface area contributed by atoms with E-state index in [1.165, 1.54) is 6.42 Å². The largest absolute Gasteiger partial charge is 0.339 e. The van der Waals surface area contributed by atoms with E-state index in [1.54, 1.807) is 24.3 Å². The molecule has 1 aromatic rings. The zero-order valence-corrected chi connectivity index (χ0v) is 15.3. The summed E-state index contributed by atoms with van der Waals surface area (Å²) in [6, 6.07) is 8.56. The fraction of sp³-hybridized carbons (Fsp3) is 0.550. The van der Waals surface area contributed by atoms with E-state index in [0.717, 1.165) is 25.8 Å². The summed E-state index contributed by atoms with van der Waals surface area (Å²) in [4.78, 5) is 41.3. The van der Waals surface area contributed by atoms with Crippen molar-refractivity contribution in [2.45, 2.75) is 51.1 Å². The van der Waals surface area contributed by atoms with Gasteiger partial charge in [0.15, 0.2) is 0 Å². The summed E-state index contributed by atoms with van der Waals surface area (Å²) in [5.41, 5.74) is 0.462. The highest BCUT2D eigenvalue weighted by Gasteiger charge is 2.34. The number of hydrogen-bond acceptors (Lipinski definition) is 4. The molecule has 2 fully saturated rings. The molecule has 0 aliphatic carbocycles. The summed E-state index contributed by atoms with van der Waals surface area (Å²) in [6.07, 6.45) is 4.80. The third kappa shape index (κ3) is 4.30. The second kappa shape index (κ2) is 8.45. The van der Waals surface area contributed by atoms with Crippen LogP contribution >= 0.6 is 0 Å². The van der Waals surface area contributed by atoms with Gasteiger partial charge >= 0.3 is 0 Å². The normalized spacial score (nSPS) is 23.7. The van der Waals surface area contributed by atoms with Gasteiger partial charge in [0.1, 0.15) is 0 Å². The first-order valence-corrected chi connectivity index (χ1v) is 9.50. The molecule has 1 N–H and O–H groups in total. The van der Waals surface area contributed by atoms with Gasteiger partial charge in [-0.25, -0.2) is 0 Å². The fourth-order valence-electron chi connectivity index (χ4n) is 3.90. The Bertz CT molecular complexity index is 662. The van der Waals surface area contributed by atoms with Gasteiger partial charge in [-0.1, -0.05) is 18.2 Å². The zero-order chi connectivity index (χ0) is 18.5. The number of rotatable bonds is 4. The molecular formula is C20H27N3O3. The number of nitrogens with zero attached hydrogens (tertiary/aromatic N) is 2. The van der Waals surface area contributed by atoms with E-state index in [-0.39, 0.29) is 24.4 Å². The highest BCUT2D eigenvalue weighted by atomic mass is 16.2. The molecule has 0 bridgehead atoms. The molecule has 0 spiro atoms. The smallest absolute Gasteiger partial charge is 0.257 e. The van der Waals surface area contributed by atoms with E-state index in [0.29, 0.717) is 18.5 Å². The van der Waals surface area contributed by atoms with Crippen molar-refractivity contribution in [1.29, 1.82) is 0 Å². The van der Waals surface area contributed by atoms with Crippen LogP contribution in [0.1, 0.15) is 49.4 Å². The molecule has 2 atom stereocenters. The number of amides is 3. The van der Waals surface area contributed by atoms with E-state index in [9.17, 15) is 14.4 Å². The summed E-state index contributed by atoms with van der Waals surface area (Å²) in [5.74, 6) is -0.611. The highest BCUT2D eigenvalue weighted by Crippen LogP contribution is 2.20. The van der Waals surface area contributed by atoms with Crippen molar-refractivity contribution < 1.29 is 14.4 Å². The Morgan fingerprint density at radius 2 is 1.81 bits per heavy atom. The Labute approximate surface area is 154 Å². The number of carbonyl (C=O) groups is 3. The molecule has 1 aromatic carbocycles. The minimum atomic E-state index is -0.410. The highest BCUT2D eigenvalue weighted by molar-refractivity contribution is 6.06. The molecule has 26 heavy (non-hydrogen) atoms. The molecule has 2 aliphatic rings. The van der Waals surface area contributed by atoms with Gasteiger partial charge in [-0.3, -0.25) is 24.6 Å². The summed E-state index contributed by atoms with van der Waals surface area (Å²) in [5, 5.41) is 2.49. The first-order chi connectivity index (χ1) is 12.6. The first kappa shape index (κ1) is 18.6. The van der Waals surface area contributed by atoms with Crippen molar-refractivity contribution in [3.05, 3.63) is 35.9 Å². The second-order valence-electron chi connectivity index (χ2n) is 7.24. The maximum atomic E-state index is 12.7. The van der Waals surface area contributed by atoms with Crippen LogP contribution in [0.25, 0.3) is 0 Å². The number of imide groups is 1. The Kier molecular flexibility index (Phi) is 6.04. The van der Waals surface area contributed by atoms with Crippen LogP contribution in [0.15, 0.2) is 30.3 Å². The quantitative estimate of drug-likeness (QED) is 0.835. The van der Waals surface area contributed by atoms with Crippen molar-refractivity contribution >= 4 is 17.7 Å². The summed E-state index contributed by atoms with van der Waals surface area (Å²) >= 11 is 0. The monoisotopic (exact) mass is 357 g/mol. The maximum Gasteiger partial charge on any atom is 0.257 e. The van der Waals surface area contributed by atoms with Crippen molar-refractivity contribution in [3.63, 3.8) is 0 Å². The third-order valence-electron chi connectivity index (χ3n) is 5.40. The Morgan fingerprint density at radius 3 is 2.54 bits per heavy atom. The van der Waals surface area contributed by atoms with Crippen LogP contribution in [0.4, 0.5) is 0 Å². The zero-order valence-electron chi connectivity index (χ0n) is 15.3. The van der Waals surface area contributed by atoms with Crippen molar-refractivity contribution in [1.82, 2.24) is 15.1 Å². The summed E-state index contributed by atoms with van der Waals surface area (Å²) in [7, 11) is 0. The molecule has 0 radical (unpaired) electrons. The Morgan fingerprint density at radius 1 is 1.04 bits per heavy atom. The van der Waals surface area contributed by atoms with E-state index in [2.05, 4.69) is 12.2 Å². The van der Waals surface area contributed by atoms with Crippen molar-refractivity contribution in [3.8, 4) is 0 Å². The second-order valence-corrected chi connectivity index (χ2v) is 7.24. The lowest BCUT2D eigenvalue weighted by molar-refractivity contribution is -0.136. The standard InChI is InChI=1S/C20H27N3O3/c1-15-8-5-6-13-23(15)18(24)14-22-12-7-11-17(22)20(26)21-19(25)16-9-3-2-4-10-16/h2-4,9-10,15,17H,5-8,11-14H2,1H3,(H,21,25,26)/t15?,17-/m1/s1. The first-order valence-electron chi connectivity index (χ1n) is 9.50. The lowest BCUT2D eigenvalue weighted by Gasteiger charge is -2.35. The molecule has 140 valence electrons. The molecule has 2 saturated heterocycles. The molecule has 0 saturated carbocycles. The van der Waals surface area contributed by atoms with Crippen LogP contribution in [0.5, 0.6) is 0 Å². The van der Waals surface area contributed by atoms with Crippen LogP contribution in [-0.2, 0) is 9.59 Å². The minimum absolute atomic E-state index is 0.0892. The molecule has 2 heterocycles. The predicted octanol–water partition coefficient (Wildman–Crippen LogP) is 1.81. The van der Waals surface area contributed by atoms with Gasteiger partial charge in [-0.15, -0.1) is 0 Å². The number of likely N-dealkylation sites (tertiary alicyclic amines) is 2. The van der Waals surface area contributed by atoms with E-state index in [1.807, 2.05) is 15.9 Å². The SMILES string of the molecule is CC1CCCCN1C(=O)CN1CCC[C@@H]1C(=O)NC(=O)c1ccccc1. The van der Waals surface area contributed by atoms with E-state index in [4.69, 9.17) is 0 Å². The Balaban J connectivity index is 1.58. The number of hydrogen-bond donors (Lipinski definition) is 1. The molecule has 1 unspecified atom stereocenters. The van der Waals surface area contributed by atoms with Crippen LogP contribution in [-0.4, -0.2) is 59.2 Å². The summed E-state index contributed by atoms with van der Waals surface area (Å²) in [6.45, 7) is 3.86. The molecule has 6 heteroatoms. The van der Waals surface area contributed by atoms with Crippen molar-refractivity contribution in [2.24, 2.45) is 0 Å². The third-order valence-corrected chi connectivity index (χ3v) is 5.40.